The van der Waals surface area contributed by atoms with Crippen molar-refractivity contribution >= 4 is 17.5 Å². The topological polar surface area (TPSA) is 88.7 Å². The summed E-state index contributed by atoms with van der Waals surface area (Å²) < 4.78 is 44.7. The molecule has 10 heteroatoms. The third kappa shape index (κ3) is 4.28. The van der Waals surface area contributed by atoms with E-state index < -0.39 is 11.9 Å². The summed E-state index contributed by atoms with van der Waals surface area (Å²) in [6.45, 7) is 4.26. The number of anilines is 1. The van der Waals surface area contributed by atoms with Crippen molar-refractivity contribution < 1.29 is 17.9 Å². The van der Waals surface area contributed by atoms with Gasteiger partial charge in [-0.1, -0.05) is 18.7 Å². The first-order valence-electron chi connectivity index (χ1n) is 11.2. The Kier molecular flexibility index (Phi) is 6.18. The summed E-state index contributed by atoms with van der Waals surface area (Å²) in [6.07, 6.45) is 1.26. The Bertz CT molecular complexity index is 1080. The standard InChI is InChI=1S/C24H29F3N6O/c1-16(17-6-4-5-7-18(17)34-3)33(2)20(32-28)22-9-12-23(13-10-22,14-11-22)31-21-29-15-8-19(30-21)24(25,26)27/h4-8,15H,1,9-14,28H2,2-3H3,(H,29,30,31)/b32-20-. The molecule has 3 aliphatic rings. The van der Waals surface area contributed by atoms with E-state index in [-0.39, 0.29) is 16.9 Å². The van der Waals surface area contributed by atoms with Gasteiger partial charge in [0.15, 0.2) is 0 Å². The van der Waals surface area contributed by atoms with Crippen molar-refractivity contribution in [2.45, 2.75) is 50.2 Å². The number of halogens is 3. The van der Waals surface area contributed by atoms with Crippen LogP contribution in [0.4, 0.5) is 19.1 Å². The molecule has 0 spiro atoms. The molecule has 0 saturated heterocycles. The molecule has 3 N–H and O–H groups in total. The van der Waals surface area contributed by atoms with Gasteiger partial charge in [0.2, 0.25) is 5.95 Å². The van der Waals surface area contributed by atoms with Crippen molar-refractivity contribution in [2.75, 3.05) is 19.5 Å². The first-order chi connectivity index (χ1) is 16.1. The van der Waals surface area contributed by atoms with Crippen molar-refractivity contribution in [2.24, 2.45) is 16.4 Å². The molecule has 0 aliphatic heterocycles. The highest BCUT2D eigenvalue weighted by molar-refractivity contribution is 5.95. The highest BCUT2D eigenvalue weighted by Crippen LogP contribution is 2.54. The van der Waals surface area contributed by atoms with Gasteiger partial charge in [0, 0.05) is 35.5 Å². The van der Waals surface area contributed by atoms with Crippen LogP contribution in [0.25, 0.3) is 5.70 Å². The number of amidine groups is 1. The van der Waals surface area contributed by atoms with E-state index in [1.165, 1.54) is 0 Å². The van der Waals surface area contributed by atoms with Crippen LogP contribution in [0, 0.1) is 5.41 Å². The number of benzene rings is 1. The summed E-state index contributed by atoms with van der Waals surface area (Å²) in [5.74, 6) is 7.40. The lowest BCUT2D eigenvalue weighted by Gasteiger charge is -2.54. The molecule has 182 valence electrons. The Hall–Kier alpha value is -3.30. The highest BCUT2D eigenvalue weighted by atomic mass is 19.4. The Morgan fingerprint density at radius 2 is 1.79 bits per heavy atom. The fraction of sp³-hybridized carbons (Fsp3) is 0.458. The molecule has 0 unspecified atom stereocenters. The molecule has 2 bridgehead atoms. The van der Waals surface area contributed by atoms with Crippen LogP contribution in [0.1, 0.15) is 49.8 Å². The quantitative estimate of drug-likeness (QED) is 0.268. The second-order valence-electron chi connectivity index (χ2n) is 9.11. The number of nitrogens with two attached hydrogens (primary N) is 1. The number of nitrogens with zero attached hydrogens (tertiary/aromatic N) is 4. The molecule has 34 heavy (non-hydrogen) atoms. The first kappa shape index (κ1) is 23.8. The van der Waals surface area contributed by atoms with Crippen molar-refractivity contribution in [3.63, 3.8) is 0 Å². The molecule has 2 aromatic rings. The van der Waals surface area contributed by atoms with E-state index in [2.05, 4.69) is 27.0 Å². The number of hydrogen-bond donors (Lipinski definition) is 2. The minimum atomic E-state index is -4.51. The summed E-state index contributed by atoms with van der Waals surface area (Å²) in [5.41, 5.74) is 0.0657. The van der Waals surface area contributed by atoms with Crippen molar-refractivity contribution in [1.82, 2.24) is 14.9 Å². The lowest BCUT2D eigenvalue weighted by Crippen LogP contribution is -2.56. The van der Waals surface area contributed by atoms with E-state index in [0.717, 1.165) is 67.9 Å². The Morgan fingerprint density at radius 1 is 1.15 bits per heavy atom. The van der Waals surface area contributed by atoms with Crippen LogP contribution in [0.2, 0.25) is 0 Å². The zero-order valence-corrected chi connectivity index (χ0v) is 19.3. The van der Waals surface area contributed by atoms with E-state index >= 15 is 0 Å². The van der Waals surface area contributed by atoms with Gasteiger partial charge in [-0.05, 0) is 56.7 Å². The molecule has 1 aromatic carbocycles. The number of hydrazone groups is 1. The van der Waals surface area contributed by atoms with Gasteiger partial charge in [0.05, 0.1) is 7.11 Å². The smallest absolute Gasteiger partial charge is 0.433 e. The number of nitrogens with one attached hydrogen (secondary N) is 1. The Balaban J connectivity index is 1.50. The van der Waals surface area contributed by atoms with Crippen molar-refractivity contribution in [3.05, 3.63) is 54.4 Å². The van der Waals surface area contributed by atoms with Gasteiger partial charge in [-0.3, -0.25) is 0 Å². The zero-order chi connectivity index (χ0) is 24.6. The van der Waals surface area contributed by atoms with Crippen LogP contribution >= 0.6 is 0 Å². The SMILES string of the molecule is C=C(c1ccccc1OC)N(C)/C(=N\N)C12CCC(Nc3nccc(C(F)(F)F)n3)(CC1)CC2. The average molecular weight is 475 g/mol. The number of aromatic nitrogens is 2. The second-order valence-corrected chi connectivity index (χ2v) is 9.11. The monoisotopic (exact) mass is 474 g/mol. The van der Waals surface area contributed by atoms with Gasteiger partial charge in [-0.2, -0.15) is 18.3 Å². The first-order valence-corrected chi connectivity index (χ1v) is 11.2. The van der Waals surface area contributed by atoms with E-state index in [1.54, 1.807) is 7.11 Å². The molecule has 0 amide bonds. The number of rotatable bonds is 6. The fourth-order valence-corrected chi connectivity index (χ4v) is 5.29. The predicted molar refractivity (Wildman–Crippen MR) is 125 cm³/mol. The molecule has 1 heterocycles. The lowest BCUT2D eigenvalue weighted by atomic mass is 9.56. The summed E-state index contributed by atoms with van der Waals surface area (Å²) in [4.78, 5) is 9.66. The van der Waals surface area contributed by atoms with E-state index in [1.807, 2.05) is 36.2 Å². The van der Waals surface area contributed by atoms with Gasteiger partial charge in [-0.15, -0.1) is 0 Å². The Labute approximate surface area is 196 Å². The van der Waals surface area contributed by atoms with Gasteiger partial charge in [0.1, 0.15) is 17.3 Å². The third-order valence-electron chi connectivity index (χ3n) is 7.31. The summed E-state index contributed by atoms with van der Waals surface area (Å²) >= 11 is 0. The van der Waals surface area contributed by atoms with Crippen molar-refractivity contribution in [1.29, 1.82) is 0 Å². The van der Waals surface area contributed by atoms with Crippen LogP contribution in [-0.2, 0) is 6.18 Å². The lowest BCUT2D eigenvalue weighted by molar-refractivity contribution is -0.141. The van der Waals surface area contributed by atoms with Crippen LogP contribution < -0.4 is 15.9 Å². The largest absolute Gasteiger partial charge is 0.496 e. The number of hydrogen-bond acceptors (Lipinski definition) is 6. The summed E-state index contributed by atoms with van der Waals surface area (Å²) in [6, 6.07) is 8.52. The maximum absolute atomic E-state index is 13.1. The second kappa shape index (κ2) is 8.81. The molecule has 0 radical (unpaired) electrons. The fourth-order valence-electron chi connectivity index (χ4n) is 5.29. The van der Waals surface area contributed by atoms with Gasteiger partial charge < -0.3 is 20.8 Å². The molecule has 1 aromatic heterocycles. The molecular weight excluding hydrogens is 445 g/mol. The van der Waals surface area contributed by atoms with Crippen LogP contribution in [-0.4, -0.2) is 40.4 Å². The number of alkyl halides is 3. The highest BCUT2D eigenvalue weighted by Gasteiger charge is 2.52. The minimum Gasteiger partial charge on any atom is -0.496 e. The number of methoxy groups -OCH3 is 1. The summed E-state index contributed by atoms with van der Waals surface area (Å²) in [7, 11) is 3.52. The molecule has 0 atom stereocenters. The van der Waals surface area contributed by atoms with Gasteiger partial charge >= 0.3 is 6.18 Å². The minimum absolute atomic E-state index is 0.0126. The van der Waals surface area contributed by atoms with Crippen LogP contribution in [0.5, 0.6) is 5.75 Å². The molecular formula is C24H29F3N6O. The maximum atomic E-state index is 13.1. The van der Waals surface area contributed by atoms with Gasteiger partial charge in [0.25, 0.3) is 0 Å². The van der Waals surface area contributed by atoms with E-state index in [9.17, 15) is 13.2 Å². The number of ether oxygens (including phenoxy) is 1. The van der Waals surface area contributed by atoms with E-state index in [4.69, 9.17) is 10.6 Å². The van der Waals surface area contributed by atoms with Crippen LogP contribution in [0.15, 0.2) is 48.2 Å². The normalized spacial score (nSPS) is 24.6. The zero-order valence-electron chi connectivity index (χ0n) is 19.3. The molecule has 3 aliphatic carbocycles. The maximum Gasteiger partial charge on any atom is 0.433 e. The third-order valence-corrected chi connectivity index (χ3v) is 7.31. The van der Waals surface area contributed by atoms with Gasteiger partial charge in [-0.25, -0.2) is 9.97 Å². The molecule has 3 saturated carbocycles. The average Bonchev–Trinajstić information content (AvgIpc) is 2.84. The van der Waals surface area contributed by atoms with Crippen LogP contribution in [0.3, 0.4) is 0 Å². The number of para-hydroxylation sites is 1. The number of fused-ring (bicyclic) bond motifs is 3. The molecule has 5 rings (SSSR count). The summed E-state index contributed by atoms with van der Waals surface area (Å²) in [5, 5.41) is 7.42. The predicted octanol–water partition coefficient (Wildman–Crippen LogP) is 4.88. The Morgan fingerprint density at radius 3 is 2.38 bits per heavy atom. The molecule has 3 fully saturated rings. The molecule has 7 nitrogen and oxygen atoms in total. The van der Waals surface area contributed by atoms with E-state index in [0.29, 0.717) is 5.75 Å². The van der Waals surface area contributed by atoms with Crippen molar-refractivity contribution in [3.8, 4) is 5.75 Å².